The normalized spacial score (nSPS) is 12.8. The molecular weight excluding hydrogens is 214 g/mol. The molecule has 0 bridgehead atoms. The van der Waals surface area contributed by atoms with Gasteiger partial charge in [-0.3, -0.25) is 0 Å². The fourth-order valence-corrected chi connectivity index (χ4v) is 2.05. The van der Waals surface area contributed by atoms with E-state index in [1.807, 2.05) is 20.8 Å². The monoisotopic (exact) mass is 237 g/mol. The van der Waals surface area contributed by atoms with Crippen LogP contribution >= 0.6 is 0 Å². The SMILES string of the molecule is CCOCCc1nc(C)c(C(C)CN)c(C)n1. The first-order valence-corrected chi connectivity index (χ1v) is 6.21. The van der Waals surface area contributed by atoms with Crippen molar-refractivity contribution < 1.29 is 4.74 Å². The summed E-state index contributed by atoms with van der Waals surface area (Å²) in [5.74, 6) is 1.18. The number of rotatable bonds is 6. The molecule has 0 aliphatic heterocycles. The van der Waals surface area contributed by atoms with Gasteiger partial charge in [-0.15, -0.1) is 0 Å². The Labute approximate surface area is 104 Å². The summed E-state index contributed by atoms with van der Waals surface area (Å²) in [4.78, 5) is 9.06. The highest BCUT2D eigenvalue weighted by atomic mass is 16.5. The lowest BCUT2D eigenvalue weighted by Crippen LogP contribution is -2.15. The number of ether oxygens (including phenoxy) is 1. The van der Waals surface area contributed by atoms with Crippen molar-refractivity contribution in [3.05, 3.63) is 22.8 Å². The number of aryl methyl sites for hydroxylation is 2. The average Bonchev–Trinajstić information content (AvgIpc) is 2.28. The number of hydrogen-bond donors (Lipinski definition) is 1. The predicted molar refractivity (Wildman–Crippen MR) is 69.2 cm³/mol. The Morgan fingerprint density at radius 1 is 1.24 bits per heavy atom. The molecular formula is C13H23N3O. The van der Waals surface area contributed by atoms with Crippen LogP contribution in [0.1, 0.15) is 42.5 Å². The fraction of sp³-hybridized carbons (Fsp3) is 0.692. The van der Waals surface area contributed by atoms with Crippen LogP contribution in [0, 0.1) is 13.8 Å². The summed E-state index contributed by atoms with van der Waals surface area (Å²) in [6.45, 7) is 10.2. The largest absolute Gasteiger partial charge is 0.381 e. The maximum absolute atomic E-state index is 5.70. The summed E-state index contributed by atoms with van der Waals surface area (Å²) in [6, 6.07) is 0. The number of nitrogens with two attached hydrogens (primary N) is 1. The van der Waals surface area contributed by atoms with Crippen molar-refractivity contribution in [2.75, 3.05) is 19.8 Å². The van der Waals surface area contributed by atoms with E-state index in [1.54, 1.807) is 0 Å². The highest BCUT2D eigenvalue weighted by Gasteiger charge is 2.13. The van der Waals surface area contributed by atoms with E-state index in [-0.39, 0.29) is 0 Å². The molecule has 4 heteroatoms. The summed E-state index contributed by atoms with van der Waals surface area (Å²) in [7, 11) is 0. The van der Waals surface area contributed by atoms with Crippen LogP contribution in [0.25, 0.3) is 0 Å². The summed E-state index contributed by atoms with van der Waals surface area (Å²) in [5.41, 5.74) is 8.98. The van der Waals surface area contributed by atoms with E-state index in [0.717, 1.165) is 30.2 Å². The second kappa shape index (κ2) is 6.67. The zero-order chi connectivity index (χ0) is 12.8. The molecule has 0 aromatic carbocycles. The number of hydrogen-bond acceptors (Lipinski definition) is 4. The Morgan fingerprint density at radius 2 is 1.82 bits per heavy atom. The summed E-state index contributed by atoms with van der Waals surface area (Å²) in [6.07, 6.45) is 0.771. The minimum absolute atomic E-state index is 0.316. The van der Waals surface area contributed by atoms with Crippen molar-refractivity contribution in [3.8, 4) is 0 Å². The predicted octanol–water partition coefficient (Wildman–Crippen LogP) is 1.73. The lowest BCUT2D eigenvalue weighted by Gasteiger charge is -2.15. The van der Waals surface area contributed by atoms with Crippen molar-refractivity contribution in [2.24, 2.45) is 5.73 Å². The van der Waals surface area contributed by atoms with Crippen LogP contribution in [-0.2, 0) is 11.2 Å². The van der Waals surface area contributed by atoms with E-state index in [9.17, 15) is 0 Å². The maximum atomic E-state index is 5.70. The summed E-state index contributed by atoms with van der Waals surface area (Å²) < 4.78 is 5.32. The van der Waals surface area contributed by atoms with Gasteiger partial charge >= 0.3 is 0 Å². The quantitative estimate of drug-likeness (QED) is 0.765. The second-order valence-corrected chi connectivity index (χ2v) is 4.31. The zero-order valence-corrected chi connectivity index (χ0v) is 11.3. The van der Waals surface area contributed by atoms with Crippen molar-refractivity contribution in [1.82, 2.24) is 9.97 Å². The standard InChI is InChI=1S/C13H23N3O/c1-5-17-7-6-12-15-10(3)13(9(2)8-14)11(4)16-12/h9H,5-8,14H2,1-4H3. The molecule has 1 aromatic rings. The van der Waals surface area contributed by atoms with Gasteiger partial charge in [-0.25, -0.2) is 9.97 Å². The van der Waals surface area contributed by atoms with Crippen molar-refractivity contribution in [3.63, 3.8) is 0 Å². The molecule has 1 aromatic heterocycles. The molecule has 1 rings (SSSR count). The van der Waals surface area contributed by atoms with Crippen molar-refractivity contribution in [2.45, 2.75) is 40.0 Å². The van der Waals surface area contributed by atoms with Crippen LogP contribution in [0.15, 0.2) is 0 Å². The average molecular weight is 237 g/mol. The smallest absolute Gasteiger partial charge is 0.131 e. The number of nitrogens with zero attached hydrogens (tertiary/aromatic N) is 2. The van der Waals surface area contributed by atoms with Gasteiger partial charge in [0.1, 0.15) is 5.82 Å². The lowest BCUT2D eigenvalue weighted by atomic mass is 9.98. The third kappa shape index (κ3) is 3.75. The molecule has 4 nitrogen and oxygen atoms in total. The van der Waals surface area contributed by atoms with E-state index in [4.69, 9.17) is 10.5 Å². The highest BCUT2D eigenvalue weighted by Crippen LogP contribution is 2.20. The molecule has 0 aliphatic rings. The minimum Gasteiger partial charge on any atom is -0.381 e. The third-order valence-electron chi connectivity index (χ3n) is 2.89. The molecule has 1 unspecified atom stereocenters. The van der Waals surface area contributed by atoms with Gasteiger partial charge in [0, 0.05) is 24.4 Å². The summed E-state index contributed by atoms with van der Waals surface area (Å²) >= 11 is 0. The molecule has 96 valence electrons. The molecule has 1 atom stereocenters. The highest BCUT2D eigenvalue weighted by molar-refractivity contribution is 5.28. The van der Waals surface area contributed by atoms with Gasteiger partial charge in [-0.1, -0.05) is 6.92 Å². The van der Waals surface area contributed by atoms with Gasteiger partial charge in [0.2, 0.25) is 0 Å². The van der Waals surface area contributed by atoms with Gasteiger partial charge in [-0.05, 0) is 38.8 Å². The Kier molecular flexibility index (Phi) is 5.51. The van der Waals surface area contributed by atoms with Gasteiger partial charge in [0.05, 0.1) is 6.61 Å². The van der Waals surface area contributed by atoms with E-state index < -0.39 is 0 Å². The lowest BCUT2D eigenvalue weighted by molar-refractivity contribution is 0.149. The summed E-state index contributed by atoms with van der Waals surface area (Å²) in [5, 5.41) is 0. The molecule has 0 fully saturated rings. The van der Waals surface area contributed by atoms with Crippen LogP contribution in [0.5, 0.6) is 0 Å². The fourth-order valence-electron chi connectivity index (χ4n) is 2.05. The third-order valence-corrected chi connectivity index (χ3v) is 2.89. The van der Waals surface area contributed by atoms with Gasteiger partial charge in [0.25, 0.3) is 0 Å². The first kappa shape index (κ1) is 14.1. The number of aromatic nitrogens is 2. The minimum atomic E-state index is 0.316. The Morgan fingerprint density at radius 3 is 2.29 bits per heavy atom. The molecule has 0 aliphatic carbocycles. The molecule has 17 heavy (non-hydrogen) atoms. The Bertz CT molecular complexity index is 343. The Balaban J connectivity index is 2.85. The molecule has 0 saturated heterocycles. The van der Waals surface area contributed by atoms with Crippen LogP contribution in [0.2, 0.25) is 0 Å². The van der Waals surface area contributed by atoms with E-state index in [1.165, 1.54) is 5.56 Å². The van der Waals surface area contributed by atoms with Crippen LogP contribution < -0.4 is 5.73 Å². The van der Waals surface area contributed by atoms with Crippen LogP contribution in [-0.4, -0.2) is 29.7 Å². The van der Waals surface area contributed by atoms with Gasteiger partial charge < -0.3 is 10.5 Å². The van der Waals surface area contributed by atoms with Crippen LogP contribution in [0.4, 0.5) is 0 Å². The Hall–Kier alpha value is -1.00. The van der Waals surface area contributed by atoms with Crippen LogP contribution in [0.3, 0.4) is 0 Å². The maximum Gasteiger partial charge on any atom is 0.131 e. The first-order valence-electron chi connectivity index (χ1n) is 6.21. The van der Waals surface area contributed by atoms with Crippen molar-refractivity contribution in [1.29, 1.82) is 0 Å². The molecule has 0 radical (unpaired) electrons. The van der Waals surface area contributed by atoms with Crippen molar-refractivity contribution >= 4 is 0 Å². The second-order valence-electron chi connectivity index (χ2n) is 4.31. The molecule has 0 amide bonds. The molecule has 0 saturated carbocycles. The van der Waals surface area contributed by atoms with E-state index in [2.05, 4.69) is 16.9 Å². The molecule has 2 N–H and O–H groups in total. The van der Waals surface area contributed by atoms with E-state index >= 15 is 0 Å². The zero-order valence-electron chi connectivity index (χ0n) is 11.3. The molecule has 1 heterocycles. The van der Waals surface area contributed by atoms with Gasteiger partial charge in [0.15, 0.2) is 0 Å². The van der Waals surface area contributed by atoms with E-state index in [0.29, 0.717) is 19.1 Å². The first-order chi connectivity index (χ1) is 8.10. The van der Waals surface area contributed by atoms with Gasteiger partial charge in [-0.2, -0.15) is 0 Å². The molecule has 0 spiro atoms. The topological polar surface area (TPSA) is 61.0 Å².